The molecule has 2 aliphatic rings. The van der Waals surface area contributed by atoms with Gasteiger partial charge >= 0.3 is 7.12 Å². The third-order valence-electron chi connectivity index (χ3n) is 6.31. The second-order valence-corrected chi connectivity index (χ2v) is 8.83. The minimum Gasteiger partial charge on any atom is -0.477 e. The lowest BCUT2D eigenvalue weighted by atomic mass is 9.72. The Labute approximate surface area is 171 Å². The molecule has 1 N–H and O–H groups in total. The van der Waals surface area contributed by atoms with Crippen LogP contribution in [0.15, 0.2) is 36.5 Å². The molecule has 5 nitrogen and oxygen atoms in total. The number of aliphatic hydroxyl groups excluding tert-OH is 1. The molecule has 1 fully saturated rings. The Morgan fingerprint density at radius 2 is 1.79 bits per heavy atom. The van der Waals surface area contributed by atoms with Crippen LogP contribution in [-0.2, 0) is 14.9 Å². The van der Waals surface area contributed by atoms with Gasteiger partial charge in [-0.1, -0.05) is 24.6 Å². The summed E-state index contributed by atoms with van der Waals surface area (Å²) in [7, 11) is -0.693. The van der Waals surface area contributed by atoms with Gasteiger partial charge in [0.25, 0.3) is 0 Å². The number of halogens is 1. The first kappa shape index (κ1) is 19.7. The maximum Gasteiger partial charge on any atom is 0.496 e. The van der Waals surface area contributed by atoms with Crippen molar-refractivity contribution in [3.05, 3.63) is 52.8 Å². The number of hydrogen-bond donors (Lipinski definition) is 1. The molecule has 1 saturated heterocycles. The minimum absolute atomic E-state index is 0.479. The SMILES string of the molecule is CC[C@]1(c2ccccn2)Oc2ccc(Cl)c(B3OC(C)(C)C(C)(C)O3)c2[C@@H]1O. The molecule has 2 aliphatic heterocycles. The summed E-state index contributed by atoms with van der Waals surface area (Å²) in [5, 5.41) is 11.9. The molecule has 2 atom stereocenters. The van der Waals surface area contributed by atoms with E-state index >= 15 is 0 Å². The molecule has 1 aromatic heterocycles. The van der Waals surface area contributed by atoms with E-state index in [1.807, 2.05) is 52.8 Å². The molecule has 7 heteroatoms. The van der Waals surface area contributed by atoms with Crippen molar-refractivity contribution in [2.75, 3.05) is 0 Å². The second kappa shape index (κ2) is 6.46. The highest BCUT2D eigenvalue weighted by Gasteiger charge is 2.56. The van der Waals surface area contributed by atoms with Crippen molar-refractivity contribution in [1.82, 2.24) is 4.98 Å². The molecule has 0 radical (unpaired) electrons. The molecule has 1 aromatic carbocycles. The average molecular weight is 402 g/mol. The highest BCUT2D eigenvalue weighted by Crippen LogP contribution is 2.51. The zero-order chi connectivity index (χ0) is 20.3. The normalized spacial score (nSPS) is 27.5. The maximum atomic E-state index is 11.4. The van der Waals surface area contributed by atoms with Gasteiger partial charge < -0.3 is 19.2 Å². The Kier molecular flexibility index (Phi) is 4.55. The molecule has 28 heavy (non-hydrogen) atoms. The molecule has 0 unspecified atom stereocenters. The van der Waals surface area contributed by atoms with Crippen molar-refractivity contribution < 1.29 is 19.2 Å². The average Bonchev–Trinajstić information content (AvgIpc) is 3.06. The molecular formula is C21H25BClNO4. The van der Waals surface area contributed by atoms with Gasteiger partial charge in [-0.3, -0.25) is 4.98 Å². The number of pyridine rings is 1. The largest absolute Gasteiger partial charge is 0.496 e. The van der Waals surface area contributed by atoms with E-state index in [0.29, 0.717) is 33.9 Å². The van der Waals surface area contributed by atoms with E-state index in [9.17, 15) is 5.11 Å². The van der Waals surface area contributed by atoms with E-state index in [0.717, 1.165) is 0 Å². The predicted octanol–water partition coefficient (Wildman–Crippen LogP) is 3.77. The predicted molar refractivity (Wildman–Crippen MR) is 109 cm³/mol. The number of ether oxygens (including phenoxy) is 1. The van der Waals surface area contributed by atoms with E-state index in [-0.39, 0.29) is 0 Å². The molecule has 0 saturated carbocycles. The fourth-order valence-electron chi connectivity index (χ4n) is 3.90. The van der Waals surface area contributed by atoms with E-state index in [4.69, 9.17) is 25.6 Å². The van der Waals surface area contributed by atoms with Gasteiger partial charge in [0.15, 0.2) is 5.60 Å². The van der Waals surface area contributed by atoms with Crippen molar-refractivity contribution in [2.24, 2.45) is 0 Å². The first-order valence-corrected chi connectivity index (χ1v) is 9.97. The van der Waals surface area contributed by atoms with E-state index in [1.165, 1.54) is 0 Å². The van der Waals surface area contributed by atoms with Crippen LogP contribution < -0.4 is 10.2 Å². The molecule has 0 spiro atoms. The number of aromatic nitrogens is 1. The van der Waals surface area contributed by atoms with Gasteiger partial charge in [0, 0.05) is 22.2 Å². The Balaban J connectivity index is 1.83. The Morgan fingerprint density at radius 3 is 2.36 bits per heavy atom. The number of rotatable bonds is 3. The van der Waals surface area contributed by atoms with Crippen LogP contribution in [0.5, 0.6) is 5.75 Å². The van der Waals surface area contributed by atoms with Crippen LogP contribution in [0.4, 0.5) is 0 Å². The summed E-state index contributed by atoms with van der Waals surface area (Å²) in [6, 6.07) is 9.15. The standard InChI is InChI=1S/C21H25BClNO4/c1-6-21(15-9-7-8-12-24-15)18(25)16-14(26-21)11-10-13(23)17(16)22-27-19(2,3)20(4,5)28-22/h7-12,18,25H,6H2,1-5H3/t18-,21+/m0/s1. The number of benzene rings is 1. The fourth-order valence-corrected chi connectivity index (χ4v) is 4.15. The fraction of sp³-hybridized carbons (Fsp3) is 0.476. The topological polar surface area (TPSA) is 60.8 Å². The second-order valence-electron chi connectivity index (χ2n) is 8.42. The first-order valence-electron chi connectivity index (χ1n) is 9.59. The summed E-state index contributed by atoms with van der Waals surface area (Å²) < 4.78 is 18.8. The van der Waals surface area contributed by atoms with E-state index < -0.39 is 30.0 Å². The van der Waals surface area contributed by atoms with Gasteiger partial charge in [0.2, 0.25) is 0 Å². The Morgan fingerprint density at radius 1 is 1.11 bits per heavy atom. The summed E-state index contributed by atoms with van der Waals surface area (Å²) in [4.78, 5) is 4.45. The molecule has 0 bridgehead atoms. The number of fused-ring (bicyclic) bond motifs is 1. The number of nitrogens with zero attached hydrogens (tertiary/aromatic N) is 1. The van der Waals surface area contributed by atoms with Crippen LogP contribution >= 0.6 is 11.6 Å². The highest BCUT2D eigenvalue weighted by molar-refractivity contribution is 6.66. The lowest BCUT2D eigenvalue weighted by molar-refractivity contribution is -0.0388. The molecular weight excluding hydrogens is 376 g/mol. The third-order valence-corrected chi connectivity index (χ3v) is 6.64. The summed E-state index contributed by atoms with van der Waals surface area (Å²) in [6.45, 7) is 9.92. The molecule has 0 amide bonds. The van der Waals surface area contributed by atoms with Crippen molar-refractivity contribution in [2.45, 2.75) is 63.9 Å². The quantitative estimate of drug-likeness (QED) is 0.793. The third kappa shape index (κ3) is 2.70. The summed E-state index contributed by atoms with van der Waals surface area (Å²) >= 11 is 6.58. The molecule has 0 aliphatic carbocycles. The molecule has 4 rings (SSSR count). The zero-order valence-electron chi connectivity index (χ0n) is 16.8. The van der Waals surface area contributed by atoms with Crippen LogP contribution in [0.25, 0.3) is 0 Å². The number of aliphatic hydroxyl groups is 1. The lowest BCUT2D eigenvalue weighted by Crippen LogP contribution is -2.41. The summed E-state index contributed by atoms with van der Waals surface area (Å²) in [5.41, 5.74) is -0.104. The Bertz CT molecular complexity index is 889. The summed E-state index contributed by atoms with van der Waals surface area (Å²) in [5.74, 6) is 0.578. The van der Waals surface area contributed by atoms with Gasteiger partial charge in [0.1, 0.15) is 11.9 Å². The van der Waals surface area contributed by atoms with Gasteiger partial charge in [0.05, 0.1) is 16.9 Å². The van der Waals surface area contributed by atoms with Crippen molar-refractivity contribution >= 4 is 24.2 Å². The lowest BCUT2D eigenvalue weighted by Gasteiger charge is -2.32. The smallest absolute Gasteiger partial charge is 0.477 e. The van der Waals surface area contributed by atoms with E-state index in [1.54, 1.807) is 18.3 Å². The minimum atomic E-state index is -0.979. The Hall–Kier alpha value is -1.60. The van der Waals surface area contributed by atoms with Crippen LogP contribution in [0.2, 0.25) is 5.02 Å². The van der Waals surface area contributed by atoms with Crippen molar-refractivity contribution in [1.29, 1.82) is 0 Å². The van der Waals surface area contributed by atoms with Gasteiger partial charge in [-0.05, 0) is 58.4 Å². The maximum absolute atomic E-state index is 11.4. The van der Waals surface area contributed by atoms with Crippen LogP contribution in [0.1, 0.15) is 58.4 Å². The molecule has 148 valence electrons. The van der Waals surface area contributed by atoms with Gasteiger partial charge in [-0.25, -0.2) is 0 Å². The molecule has 2 aromatic rings. The molecule has 3 heterocycles. The van der Waals surface area contributed by atoms with E-state index in [2.05, 4.69) is 4.98 Å². The van der Waals surface area contributed by atoms with Crippen LogP contribution in [-0.4, -0.2) is 28.4 Å². The van der Waals surface area contributed by atoms with Gasteiger partial charge in [-0.2, -0.15) is 0 Å². The monoisotopic (exact) mass is 401 g/mol. The van der Waals surface area contributed by atoms with Gasteiger partial charge in [-0.15, -0.1) is 0 Å². The van der Waals surface area contributed by atoms with Crippen molar-refractivity contribution in [3.8, 4) is 5.75 Å². The van der Waals surface area contributed by atoms with Crippen LogP contribution in [0, 0.1) is 0 Å². The number of hydrogen-bond acceptors (Lipinski definition) is 5. The zero-order valence-corrected chi connectivity index (χ0v) is 17.6. The summed E-state index contributed by atoms with van der Waals surface area (Å²) in [6.07, 6.45) is 1.30. The van der Waals surface area contributed by atoms with Crippen molar-refractivity contribution in [3.63, 3.8) is 0 Å². The first-order chi connectivity index (χ1) is 13.1. The highest BCUT2D eigenvalue weighted by atomic mass is 35.5. The van der Waals surface area contributed by atoms with Crippen LogP contribution in [0.3, 0.4) is 0 Å².